The number of quaternary nitrogens is 1. The molecule has 27 heavy (non-hydrogen) atoms. The zero-order valence-electron chi connectivity index (χ0n) is 15.3. The second kappa shape index (κ2) is 7.82. The Morgan fingerprint density at radius 3 is 2.59 bits per heavy atom. The standard InChI is InChI=1S/C23H20N2OS/c1-25-22(9-5-6-16-24-18-11-13-19(26-2)14-12-18)27-21-15-10-17-7-3-4-8-20(17)23(21)25/h3-16H,1-2H3/p+1. The van der Waals surface area contributed by atoms with Crippen molar-refractivity contribution in [2.45, 2.75) is 4.90 Å². The van der Waals surface area contributed by atoms with E-state index in [1.165, 1.54) is 31.3 Å². The van der Waals surface area contributed by atoms with Gasteiger partial charge in [0.15, 0.2) is 10.7 Å². The lowest BCUT2D eigenvalue weighted by Gasteiger charge is -2.09. The summed E-state index contributed by atoms with van der Waals surface area (Å²) in [5, 5.41) is 3.91. The molecule has 1 aliphatic rings. The van der Waals surface area contributed by atoms with Gasteiger partial charge in [0, 0.05) is 17.7 Å². The SMILES string of the molecule is COc1ccc(N=CC=CC=C2Sc3ccc4ccccc4c3[NH+]2C)cc1. The Morgan fingerprint density at radius 1 is 0.963 bits per heavy atom. The lowest BCUT2D eigenvalue weighted by Crippen LogP contribution is -3.00. The first kappa shape index (κ1) is 17.6. The van der Waals surface area contributed by atoms with E-state index in [9.17, 15) is 0 Å². The molecule has 0 spiro atoms. The molecule has 0 radical (unpaired) electrons. The predicted octanol–water partition coefficient (Wildman–Crippen LogP) is 4.90. The summed E-state index contributed by atoms with van der Waals surface area (Å²) in [5.74, 6) is 0.839. The van der Waals surface area contributed by atoms with Gasteiger partial charge in [-0.2, -0.15) is 0 Å². The van der Waals surface area contributed by atoms with Crippen LogP contribution in [0.2, 0.25) is 0 Å². The molecular formula is C23H21N2OS+. The third-order valence-corrected chi connectivity index (χ3v) is 5.82. The van der Waals surface area contributed by atoms with Crippen LogP contribution in [-0.2, 0) is 0 Å². The van der Waals surface area contributed by atoms with Gasteiger partial charge in [0.25, 0.3) is 0 Å². The molecule has 0 saturated heterocycles. The van der Waals surface area contributed by atoms with Crippen LogP contribution >= 0.6 is 11.8 Å². The number of nitrogens with zero attached hydrogens (tertiary/aromatic N) is 1. The van der Waals surface area contributed by atoms with Crippen molar-refractivity contribution in [2.24, 2.45) is 4.99 Å². The van der Waals surface area contributed by atoms with Gasteiger partial charge in [0.1, 0.15) is 5.75 Å². The molecule has 1 atom stereocenters. The summed E-state index contributed by atoms with van der Waals surface area (Å²) >= 11 is 1.83. The van der Waals surface area contributed by atoms with E-state index in [4.69, 9.17) is 4.74 Å². The van der Waals surface area contributed by atoms with Gasteiger partial charge in [-0.25, -0.2) is 0 Å². The Kier molecular flexibility index (Phi) is 5.10. The average molecular weight is 374 g/mol. The van der Waals surface area contributed by atoms with Crippen LogP contribution in [0.25, 0.3) is 10.8 Å². The van der Waals surface area contributed by atoms with Gasteiger partial charge < -0.3 is 4.74 Å². The van der Waals surface area contributed by atoms with Crippen LogP contribution in [0, 0.1) is 0 Å². The zero-order valence-corrected chi connectivity index (χ0v) is 16.2. The van der Waals surface area contributed by atoms with Crippen LogP contribution in [0.15, 0.2) is 93.8 Å². The highest BCUT2D eigenvalue weighted by Gasteiger charge is 2.29. The maximum Gasteiger partial charge on any atom is 0.175 e. The molecule has 0 bridgehead atoms. The summed E-state index contributed by atoms with van der Waals surface area (Å²) in [6.07, 6.45) is 7.99. The van der Waals surface area contributed by atoms with Crippen LogP contribution in [0.4, 0.5) is 11.4 Å². The minimum Gasteiger partial charge on any atom is -0.497 e. The molecule has 1 aliphatic heterocycles. The summed E-state index contributed by atoms with van der Waals surface area (Å²) in [6.45, 7) is 0. The van der Waals surface area contributed by atoms with E-state index in [-0.39, 0.29) is 0 Å². The minimum atomic E-state index is 0.839. The Labute approximate surface area is 163 Å². The Morgan fingerprint density at radius 2 is 1.78 bits per heavy atom. The summed E-state index contributed by atoms with van der Waals surface area (Å²) < 4.78 is 5.15. The van der Waals surface area contributed by atoms with Crippen LogP contribution in [0.3, 0.4) is 0 Å². The van der Waals surface area contributed by atoms with E-state index in [1.807, 2.05) is 54.4 Å². The van der Waals surface area contributed by atoms with Gasteiger partial charge in [-0.05, 0) is 59.6 Å². The lowest BCUT2D eigenvalue weighted by molar-refractivity contribution is -0.754. The molecule has 3 nitrogen and oxygen atoms in total. The van der Waals surface area contributed by atoms with E-state index in [1.54, 1.807) is 7.11 Å². The molecule has 1 unspecified atom stereocenters. The summed E-state index contributed by atoms with van der Waals surface area (Å²) in [5.41, 5.74) is 2.27. The number of methoxy groups -OCH3 is 1. The molecule has 0 aromatic heterocycles. The topological polar surface area (TPSA) is 26.0 Å². The number of fused-ring (bicyclic) bond motifs is 3. The molecule has 134 valence electrons. The molecule has 4 heteroatoms. The van der Waals surface area contributed by atoms with Gasteiger partial charge in [-0.1, -0.05) is 30.3 Å². The van der Waals surface area contributed by atoms with E-state index in [0.29, 0.717) is 0 Å². The fraction of sp³-hybridized carbons (Fsp3) is 0.0870. The predicted molar refractivity (Wildman–Crippen MR) is 115 cm³/mol. The van der Waals surface area contributed by atoms with Crippen molar-refractivity contribution >= 4 is 40.1 Å². The molecule has 3 aromatic rings. The number of rotatable bonds is 4. The monoisotopic (exact) mass is 373 g/mol. The number of hydrogen-bond donors (Lipinski definition) is 1. The zero-order chi connectivity index (χ0) is 18.6. The molecule has 0 aliphatic carbocycles. The van der Waals surface area contributed by atoms with E-state index in [0.717, 1.165) is 11.4 Å². The van der Waals surface area contributed by atoms with Crippen molar-refractivity contribution in [1.82, 2.24) is 0 Å². The smallest absolute Gasteiger partial charge is 0.175 e. The fourth-order valence-corrected chi connectivity index (χ4v) is 4.33. The fourth-order valence-electron chi connectivity index (χ4n) is 3.19. The highest BCUT2D eigenvalue weighted by Crippen LogP contribution is 2.39. The Hall–Kier alpha value is -2.82. The van der Waals surface area contributed by atoms with Gasteiger partial charge in [0.05, 0.1) is 24.7 Å². The molecule has 4 rings (SSSR count). The molecule has 0 fully saturated rings. The van der Waals surface area contributed by atoms with Crippen molar-refractivity contribution in [2.75, 3.05) is 14.2 Å². The first-order valence-electron chi connectivity index (χ1n) is 8.85. The first-order valence-corrected chi connectivity index (χ1v) is 9.67. The quantitative estimate of drug-likeness (QED) is 0.658. The van der Waals surface area contributed by atoms with Crippen molar-refractivity contribution in [3.8, 4) is 5.75 Å². The van der Waals surface area contributed by atoms with Gasteiger partial charge >= 0.3 is 0 Å². The van der Waals surface area contributed by atoms with Gasteiger partial charge in [0.2, 0.25) is 0 Å². The van der Waals surface area contributed by atoms with E-state index < -0.39 is 0 Å². The number of benzene rings is 3. The highest BCUT2D eigenvalue weighted by atomic mass is 32.2. The van der Waals surface area contributed by atoms with Crippen molar-refractivity contribution in [3.63, 3.8) is 0 Å². The summed E-state index contributed by atoms with van der Waals surface area (Å²) in [7, 11) is 3.87. The second-order valence-electron chi connectivity index (χ2n) is 6.28. The first-order chi connectivity index (χ1) is 13.3. The Balaban J connectivity index is 1.48. The lowest BCUT2D eigenvalue weighted by atomic mass is 10.1. The number of allylic oxidation sites excluding steroid dienone is 3. The third kappa shape index (κ3) is 3.68. The maximum atomic E-state index is 5.15. The van der Waals surface area contributed by atoms with Crippen molar-refractivity contribution in [1.29, 1.82) is 0 Å². The Bertz CT molecular complexity index is 1050. The van der Waals surface area contributed by atoms with Crippen LogP contribution in [-0.4, -0.2) is 20.4 Å². The van der Waals surface area contributed by atoms with Crippen LogP contribution < -0.4 is 9.64 Å². The summed E-state index contributed by atoms with van der Waals surface area (Å²) in [4.78, 5) is 7.10. The van der Waals surface area contributed by atoms with Crippen LogP contribution in [0.1, 0.15) is 0 Å². The minimum absolute atomic E-state index is 0.839. The van der Waals surface area contributed by atoms with Gasteiger partial charge in [-0.15, -0.1) is 0 Å². The molecule has 1 heterocycles. The molecule has 3 aromatic carbocycles. The van der Waals surface area contributed by atoms with Crippen LogP contribution in [0.5, 0.6) is 5.75 Å². The molecular weight excluding hydrogens is 352 g/mol. The number of ether oxygens (including phenoxy) is 1. The van der Waals surface area contributed by atoms with Crippen molar-refractivity contribution in [3.05, 3.63) is 83.9 Å². The number of hydrogen-bond acceptors (Lipinski definition) is 3. The third-order valence-electron chi connectivity index (χ3n) is 4.60. The molecule has 0 saturated carbocycles. The number of aliphatic imine (C=N–C) groups is 1. The number of thioether (sulfide) groups is 1. The molecule has 0 amide bonds. The van der Waals surface area contributed by atoms with E-state index >= 15 is 0 Å². The second-order valence-corrected chi connectivity index (χ2v) is 7.36. The van der Waals surface area contributed by atoms with E-state index in [2.05, 4.69) is 54.5 Å². The highest BCUT2D eigenvalue weighted by molar-refractivity contribution is 8.03. The summed E-state index contributed by atoms with van der Waals surface area (Å²) in [6, 6.07) is 20.7. The molecule has 1 N–H and O–H groups in total. The van der Waals surface area contributed by atoms with Gasteiger partial charge in [-0.3, -0.25) is 9.89 Å². The average Bonchev–Trinajstić information content (AvgIpc) is 3.04. The number of nitrogens with one attached hydrogen (secondary N) is 1. The normalized spacial score (nSPS) is 18.0. The largest absolute Gasteiger partial charge is 0.497 e. The van der Waals surface area contributed by atoms with Crippen molar-refractivity contribution < 1.29 is 9.64 Å². The maximum absolute atomic E-state index is 5.15.